The fourth-order valence-electron chi connectivity index (χ4n) is 3.02. The van der Waals surface area contributed by atoms with Crippen LogP contribution in [0, 0.1) is 5.92 Å². The number of ether oxygens (including phenoxy) is 1. The lowest BCUT2D eigenvalue weighted by molar-refractivity contribution is -0.146. The molecule has 1 saturated carbocycles. The van der Waals surface area contributed by atoms with Crippen LogP contribution < -0.4 is 10.5 Å². The Morgan fingerprint density at radius 3 is 2.57 bits per heavy atom. The highest BCUT2D eigenvalue weighted by molar-refractivity contribution is 7.90. The highest BCUT2D eigenvalue weighted by Crippen LogP contribution is 2.30. The maximum absolute atomic E-state index is 12.5. The van der Waals surface area contributed by atoms with E-state index in [1.807, 2.05) is 12.1 Å². The first kappa shape index (κ1) is 17.7. The van der Waals surface area contributed by atoms with Gasteiger partial charge in [0.15, 0.2) is 0 Å². The van der Waals surface area contributed by atoms with E-state index < -0.39 is 27.2 Å². The number of methoxy groups -OCH3 is 1. The first-order valence-electron chi connectivity index (χ1n) is 7.85. The molecule has 1 fully saturated rings. The molecule has 0 radical (unpaired) electrons. The Morgan fingerprint density at radius 1 is 1.26 bits per heavy atom. The van der Waals surface area contributed by atoms with Crippen molar-refractivity contribution in [3.05, 3.63) is 29.8 Å². The van der Waals surface area contributed by atoms with Crippen molar-refractivity contribution in [3.8, 4) is 0 Å². The van der Waals surface area contributed by atoms with Gasteiger partial charge in [-0.3, -0.25) is 4.79 Å². The van der Waals surface area contributed by atoms with E-state index in [0.29, 0.717) is 31.5 Å². The minimum absolute atomic E-state index is 0.302. The molecule has 23 heavy (non-hydrogen) atoms. The van der Waals surface area contributed by atoms with Crippen molar-refractivity contribution in [2.24, 2.45) is 5.92 Å². The fourth-order valence-corrected chi connectivity index (χ4v) is 4.78. The molecule has 3 N–H and O–H groups in total. The largest absolute Gasteiger partial charge is 0.469 e. The molecule has 0 aliphatic heterocycles. The van der Waals surface area contributed by atoms with Crippen LogP contribution in [0.5, 0.6) is 0 Å². The third kappa shape index (κ3) is 4.68. The summed E-state index contributed by atoms with van der Waals surface area (Å²) in [7, 11) is -2.24. The topological polar surface area (TPSA) is 98.5 Å². The molecular weight excluding hydrogens is 316 g/mol. The summed E-state index contributed by atoms with van der Waals surface area (Å²) in [5, 5.41) is -0.699. The van der Waals surface area contributed by atoms with Crippen molar-refractivity contribution in [3.63, 3.8) is 0 Å². The minimum Gasteiger partial charge on any atom is -0.469 e. The molecule has 2 atom stereocenters. The number of anilines is 1. The quantitative estimate of drug-likeness (QED) is 0.603. The summed E-state index contributed by atoms with van der Waals surface area (Å²) in [4.78, 5) is 11.8. The Bertz CT molecular complexity index is 628. The molecule has 0 heterocycles. The van der Waals surface area contributed by atoms with Gasteiger partial charge in [0, 0.05) is 12.2 Å². The monoisotopic (exact) mass is 340 g/mol. The van der Waals surface area contributed by atoms with Crippen LogP contribution in [0.25, 0.3) is 0 Å². The van der Waals surface area contributed by atoms with Gasteiger partial charge < -0.3 is 10.5 Å². The third-order valence-electron chi connectivity index (χ3n) is 4.30. The van der Waals surface area contributed by atoms with Gasteiger partial charge in [0.05, 0.1) is 18.3 Å². The van der Waals surface area contributed by atoms with Gasteiger partial charge in [0.2, 0.25) is 10.0 Å². The summed E-state index contributed by atoms with van der Waals surface area (Å²) in [5.74, 6) is -0.999. The van der Waals surface area contributed by atoms with Crippen molar-refractivity contribution in [1.82, 2.24) is 4.72 Å². The van der Waals surface area contributed by atoms with Gasteiger partial charge in [-0.15, -0.1) is 0 Å². The van der Waals surface area contributed by atoms with Gasteiger partial charge >= 0.3 is 5.97 Å². The van der Waals surface area contributed by atoms with Crippen LogP contribution in [-0.2, 0) is 26.0 Å². The molecule has 7 heteroatoms. The van der Waals surface area contributed by atoms with E-state index >= 15 is 0 Å². The molecule has 1 aliphatic carbocycles. The number of carbonyl (C=O) groups is 1. The first-order valence-corrected chi connectivity index (χ1v) is 9.39. The highest BCUT2D eigenvalue weighted by Gasteiger charge is 2.39. The Labute approximate surface area is 137 Å². The maximum Gasteiger partial charge on any atom is 0.310 e. The lowest BCUT2D eigenvalue weighted by Gasteiger charge is -2.29. The summed E-state index contributed by atoms with van der Waals surface area (Å²) >= 11 is 0. The average Bonchev–Trinajstić information content (AvgIpc) is 2.56. The molecule has 0 unspecified atom stereocenters. The van der Waals surface area contributed by atoms with Crippen molar-refractivity contribution < 1.29 is 17.9 Å². The zero-order chi connectivity index (χ0) is 16.9. The number of hydrogen-bond acceptors (Lipinski definition) is 5. The third-order valence-corrected chi connectivity index (χ3v) is 6.27. The molecule has 0 aromatic heterocycles. The van der Waals surface area contributed by atoms with Crippen molar-refractivity contribution in [2.75, 3.05) is 19.4 Å². The fraction of sp³-hybridized carbons (Fsp3) is 0.562. The molecule has 6 nitrogen and oxygen atoms in total. The number of nitrogens with two attached hydrogens (primary N) is 1. The SMILES string of the molecule is COC(=O)[C@H]1CCCC[C@@H]1S(=O)(=O)NCCc1ccc(N)cc1. The number of nitrogen functional groups attached to an aromatic ring is 1. The number of sulfonamides is 1. The van der Waals surface area contributed by atoms with Crippen LogP contribution in [-0.4, -0.2) is 33.3 Å². The van der Waals surface area contributed by atoms with Crippen LogP contribution >= 0.6 is 0 Å². The van der Waals surface area contributed by atoms with Crippen LogP contribution in [0.4, 0.5) is 5.69 Å². The second kappa shape index (κ2) is 7.79. The van der Waals surface area contributed by atoms with Crippen LogP contribution in [0.1, 0.15) is 31.2 Å². The number of carbonyl (C=O) groups excluding carboxylic acids is 1. The highest BCUT2D eigenvalue weighted by atomic mass is 32.2. The summed E-state index contributed by atoms with van der Waals surface area (Å²) in [6.45, 7) is 0.302. The molecule has 1 aromatic carbocycles. The zero-order valence-electron chi connectivity index (χ0n) is 13.3. The maximum atomic E-state index is 12.5. The molecule has 0 amide bonds. The van der Waals surface area contributed by atoms with E-state index in [1.165, 1.54) is 7.11 Å². The van der Waals surface area contributed by atoms with Gasteiger partial charge in [-0.2, -0.15) is 0 Å². The second-order valence-electron chi connectivity index (χ2n) is 5.88. The Kier molecular flexibility index (Phi) is 6.01. The van der Waals surface area contributed by atoms with Crippen molar-refractivity contribution in [2.45, 2.75) is 37.4 Å². The molecule has 128 valence electrons. The number of benzene rings is 1. The van der Waals surface area contributed by atoms with E-state index in [2.05, 4.69) is 4.72 Å². The molecule has 0 saturated heterocycles. The standard InChI is InChI=1S/C16H24N2O4S/c1-22-16(19)14-4-2-3-5-15(14)23(20,21)18-11-10-12-6-8-13(17)9-7-12/h6-9,14-15,18H,2-5,10-11,17H2,1H3/t14-,15-/m0/s1. The van der Waals surface area contributed by atoms with Crippen LogP contribution in [0.2, 0.25) is 0 Å². The summed E-state index contributed by atoms with van der Waals surface area (Å²) in [6, 6.07) is 7.33. The predicted octanol–water partition coefficient (Wildman–Crippen LogP) is 1.46. The Hall–Kier alpha value is -1.60. The van der Waals surface area contributed by atoms with Crippen LogP contribution in [0.3, 0.4) is 0 Å². The summed E-state index contributed by atoms with van der Waals surface area (Å²) in [5.41, 5.74) is 7.31. The van der Waals surface area contributed by atoms with Crippen molar-refractivity contribution in [1.29, 1.82) is 0 Å². The van der Waals surface area contributed by atoms with E-state index in [4.69, 9.17) is 10.5 Å². The average molecular weight is 340 g/mol. The number of rotatable bonds is 6. The smallest absolute Gasteiger partial charge is 0.310 e. The first-order chi connectivity index (χ1) is 10.9. The second-order valence-corrected chi connectivity index (χ2v) is 7.87. The van der Waals surface area contributed by atoms with E-state index in [9.17, 15) is 13.2 Å². The Morgan fingerprint density at radius 2 is 1.91 bits per heavy atom. The lowest BCUT2D eigenvalue weighted by Crippen LogP contribution is -2.44. The number of hydrogen-bond donors (Lipinski definition) is 2. The predicted molar refractivity (Wildman–Crippen MR) is 89.2 cm³/mol. The van der Waals surface area contributed by atoms with Gasteiger partial charge in [-0.25, -0.2) is 13.1 Å². The van der Waals surface area contributed by atoms with Gasteiger partial charge in [0.25, 0.3) is 0 Å². The van der Waals surface area contributed by atoms with E-state index in [0.717, 1.165) is 18.4 Å². The number of nitrogens with one attached hydrogen (secondary N) is 1. The van der Waals surface area contributed by atoms with Gasteiger partial charge in [0.1, 0.15) is 0 Å². The molecule has 2 rings (SSSR count). The Balaban J connectivity index is 1.96. The molecule has 1 aliphatic rings. The van der Waals surface area contributed by atoms with E-state index in [1.54, 1.807) is 12.1 Å². The molecule has 0 spiro atoms. The molecule has 1 aromatic rings. The van der Waals surface area contributed by atoms with Crippen LogP contribution in [0.15, 0.2) is 24.3 Å². The van der Waals surface area contributed by atoms with Gasteiger partial charge in [-0.05, 0) is 37.0 Å². The number of esters is 1. The van der Waals surface area contributed by atoms with Crippen molar-refractivity contribution >= 4 is 21.7 Å². The normalized spacial score (nSPS) is 21.8. The minimum atomic E-state index is -3.54. The van der Waals surface area contributed by atoms with E-state index in [-0.39, 0.29) is 0 Å². The molecular formula is C16H24N2O4S. The summed E-state index contributed by atoms with van der Waals surface area (Å²) in [6.07, 6.45) is 3.32. The molecule has 0 bridgehead atoms. The van der Waals surface area contributed by atoms with Gasteiger partial charge in [-0.1, -0.05) is 25.0 Å². The zero-order valence-corrected chi connectivity index (χ0v) is 14.1. The summed E-state index contributed by atoms with van der Waals surface area (Å²) < 4.78 is 32.4. The lowest BCUT2D eigenvalue weighted by atomic mass is 9.89.